The highest BCUT2D eigenvalue weighted by Gasteiger charge is 2.23. The zero-order valence-corrected chi connectivity index (χ0v) is 15.1. The quantitative estimate of drug-likeness (QED) is 0.646. The minimum absolute atomic E-state index is 0.00178. The number of nitrogens with zero attached hydrogens (tertiary/aromatic N) is 1. The lowest BCUT2D eigenvalue weighted by Crippen LogP contribution is -3.16. The minimum Gasteiger partial charge on any atom is -0.360 e. The minimum atomic E-state index is -0.441. The van der Waals surface area contributed by atoms with Crippen LogP contribution in [0.1, 0.15) is 31.1 Å². The van der Waals surface area contributed by atoms with Crippen molar-refractivity contribution < 1.29 is 19.3 Å². The van der Waals surface area contributed by atoms with Crippen LogP contribution in [0.25, 0.3) is 0 Å². The Labute approximate surface area is 148 Å². The van der Waals surface area contributed by atoms with Crippen LogP contribution in [0.2, 0.25) is 0 Å². The van der Waals surface area contributed by atoms with Crippen molar-refractivity contribution in [2.45, 2.75) is 26.8 Å². The van der Waals surface area contributed by atoms with Crippen molar-refractivity contribution in [1.82, 2.24) is 10.6 Å². The molecular formula is C18H27N4O3+. The Kier molecular flexibility index (Phi) is 6.52. The van der Waals surface area contributed by atoms with E-state index in [4.69, 9.17) is 0 Å². The highest BCUT2D eigenvalue weighted by atomic mass is 16.2. The van der Waals surface area contributed by atoms with Gasteiger partial charge in [0.05, 0.1) is 26.2 Å². The van der Waals surface area contributed by atoms with Gasteiger partial charge in [-0.2, -0.15) is 0 Å². The van der Waals surface area contributed by atoms with E-state index in [1.165, 1.54) is 0 Å². The Morgan fingerprint density at radius 3 is 2.24 bits per heavy atom. The van der Waals surface area contributed by atoms with E-state index in [1.54, 1.807) is 6.92 Å². The van der Waals surface area contributed by atoms with E-state index in [-0.39, 0.29) is 17.7 Å². The summed E-state index contributed by atoms with van der Waals surface area (Å²) in [7, 11) is 0. The van der Waals surface area contributed by atoms with E-state index in [1.807, 2.05) is 38.1 Å². The summed E-state index contributed by atoms with van der Waals surface area (Å²) in [5.41, 5.74) is 1.80. The third-order valence-corrected chi connectivity index (χ3v) is 4.19. The molecule has 0 spiro atoms. The van der Waals surface area contributed by atoms with Gasteiger partial charge in [-0.25, -0.2) is 4.79 Å². The third-order valence-electron chi connectivity index (χ3n) is 4.19. The number of hydrogen-bond acceptors (Lipinski definition) is 4. The summed E-state index contributed by atoms with van der Waals surface area (Å²) >= 11 is 0. The second-order valence-corrected chi connectivity index (χ2v) is 6.69. The van der Waals surface area contributed by atoms with Crippen LogP contribution in [-0.2, 0) is 4.79 Å². The number of amides is 3. The molecule has 7 nitrogen and oxygen atoms in total. The Balaban J connectivity index is 1.78. The monoisotopic (exact) mass is 347 g/mol. The lowest BCUT2D eigenvalue weighted by atomic mass is 10.1. The molecule has 0 unspecified atom stereocenters. The Bertz CT molecular complexity index is 620. The van der Waals surface area contributed by atoms with E-state index in [0.717, 1.165) is 36.8 Å². The van der Waals surface area contributed by atoms with Crippen LogP contribution in [0.5, 0.6) is 0 Å². The smallest absolute Gasteiger partial charge is 0.321 e. The molecule has 2 rings (SSSR count). The van der Waals surface area contributed by atoms with Crippen molar-refractivity contribution in [3.05, 3.63) is 29.8 Å². The number of imide groups is 1. The molecule has 7 heteroatoms. The number of carbonyl (C=O) groups is 3. The molecular weight excluding hydrogens is 320 g/mol. The van der Waals surface area contributed by atoms with Crippen LogP contribution in [0.4, 0.5) is 10.5 Å². The fourth-order valence-corrected chi connectivity index (χ4v) is 2.86. The molecule has 1 aromatic rings. The van der Waals surface area contributed by atoms with E-state index in [0.29, 0.717) is 12.1 Å². The van der Waals surface area contributed by atoms with Gasteiger partial charge in [0.15, 0.2) is 12.3 Å². The van der Waals surface area contributed by atoms with Gasteiger partial charge in [-0.3, -0.25) is 14.9 Å². The van der Waals surface area contributed by atoms with Crippen molar-refractivity contribution >= 4 is 23.4 Å². The molecule has 1 aromatic carbocycles. The second-order valence-electron chi connectivity index (χ2n) is 6.69. The van der Waals surface area contributed by atoms with Crippen molar-refractivity contribution in [2.75, 3.05) is 37.6 Å². The van der Waals surface area contributed by atoms with Crippen LogP contribution in [0, 0.1) is 0 Å². The molecule has 1 fully saturated rings. The van der Waals surface area contributed by atoms with E-state index in [2.05, 4.69) is 15.5 Å². The summed E-state index contributed by atoms with van der Waals surface area (Å²) in [6.07, 6.45) is 0. The standard InChI is InChI=1S/C18H26N4O3/c1-13(2)19-18(25)20-17(24)12-21-8-10-22(11-9-21)16-6-4-15(5-7-16)14(3)23/h4-7,13H,8-12H2,1-3H3,(H2,19,20,24,25)/p+1. The highest BCUT2D eigenvalue weighted by molar-refractivity contribution is 5.95. The highest BCUT2D eigenvalue weighted by Crippen LogP contribution is 2.15. The van der Waals surface area contributed by atoms with E-state index in [9.17, 15) is 14.4 Å². The van der Waals surface area contributed by atoms with Crippen molar-refractivity contribution in [2.24, 2.45) is 0 Å². The maximum Gasteiger partial charge on any atom is 0.321 e. The Hall–Kier alpha value is -2.41. The van der Waals surface area contributed by atoms with Gasteiger partial charge in [-0.1, -0.05) is 0 Å². The SMILES string of the molecule is CC(=O)c1ccc(N2CC[NH+](CC(=O)NC(=O)NC(C)C)CC2)cc1. The number of nitrogens with one attached hydrogen (secondary N) is 3. The number of Topliss-reactive ketones (excluding diaryl/α,β-unsaturated/α-hetero) is 1. The van der Waals surface area contributed by atoms with Crippen LogP contribution in [0.3, 0.4) is 0 Å². The summed E-state index contributed by atoms with van der Waals surface area (Å²) in [6.45, 7) is 8.86. The Morgan fingerprint density at radius 1 is 1.12 bits per heavy atom. The molecule has 0 bridgehead atoms. The van der Waals surface area contributed by atoms with Gasteiger partial charge in [-0.05, 0) is 45.0 Å². The average Bonchev–Trinajstić information content (AvgIpc) is 2.54. The zero-order chi connectivity index (χ0) is 18.4. The van der Waals surface area contributed by atoms with Crippen LogP contribution < -0.4 is 20.4 Å². The molecule has 0 aromatic heterocycles. The van der Waals surface area contributed by atoms with E-state index < -0.39 is 6.03 Å². The number of benzene rings is 1. The van der Waals surface area contributed by atoms with Crippen molar-refractivity contribution in [3.63, 3.8) is 0 Å². The van der Waals surface area contributed by atoms with E-state index >= 15 is 0 Å². The van der Waals surface area contributed by atoms with Crippen LogP contribution >= 0.6 is 0 Å². The maximum atomic E-state index is 11.9. The van der Waals surface area contributed by atoms with Crippen LogP contribution in [-0.4, -0.2) is 56.5 Å². The molecule has 0 aliphatic carbocycles. The molecule has 1 aliphatic rings. The van der Waals surface area contributed by atoms with Gasteiger partial charge in [0.1, 0.15) is 0 Å². The number of anilines is 1. The van der Waals surface area contributed by atoms with Crippen molar-refractivity contribution in [1.29, 1.82) is 0 Å². The number of ketones is 1. The number of rotatable bonds is 5. The van der Waals surface area contributed by atoms with Gasteiger partial charge in [0.2, 0.25) is 0 Å². The fraction of sp³-hybridized carbons (Fsp3) is 0.500. The molecule has 3 amide bonds. The second kappa shape index (κ2) is 8.62. The fourth-order valence-electron chi connectivity index (χ4n) is 2.86. The lowest BCUT2D eigenvalue weighted by molar-refractivity contribution is -0.892. The number of quaternary nitrogens is 1. The van der Waals surface area contributed by atoms with Gasteiger partial charge in [-0.15, -0.1) is 0 Å². The van der Waals surface area contributed by atoms with Gasteiger partial charge < -0.3 is 15.1 Å². The first-order valence-electron chi connectivity index (χ1n) is 8.65. The summed E-state index contributed by atoms with van der Waals surface area (Å²) < 4.78 is 0. The maximum absolute atomic E-state index is 11.9. The summed E-state index contributed by atoms with van der Waals surface area (Å²) in [6, 6.07) is 7.17. The molecule has 0 saturated carbocycles. The average molecular weight is 347 g/mol. The Morgan fingerprint density at radius 2 is 1.72 bits per heavy atom. The number of hydrogen-bond donors (Lipinski definition) is 3. The number of piperazine rings is 1. The summed E-state index contributed by atoms with van der Waals surface area (Å²) in [5.74, 6) is -0.194. The third kappa shape index (κ3) is 5.86. The molecule has 25 heavy (non-hydrogen) atoms. The lowest BCUT2D eigenvalue weighted by Gasteiger charge is -2.33. The first-order valence-corrected chi connectivity index (χ1v) is 8.65. The molecule has 1 heterocycles. The summed E-state index contributed by atoms with van der Waals surface area (Å²) in [5, 5.41) is 5.00. The van der Waals surface area contributed by atoms with Crippen molar-refractivity contribution in [3.8, 4) is 0 Å². The van der Waals surface area contributed by atoms with Gasteiger partial charge in [0.25, 0.3) is 5.91 Å². The molecule has 136 valence electrons. The largest absolute Gasteiger partial charge is 0.360 e. The molecule has 1 saturated heterocycles. The number of urea groups is 1. The molecule has 3 N–H and O–H groups in total. The molecule has 1 aliphatic heterocycles. The number of carbonyl (C=O) groups excluding carboxylic acids is 3. The van der Waals surface area contributed by atoms with Gasteiger partial charge in [0, 0.05) is 17.3 Å². The predicted octanol–water partition coefficient (Wildman–Crippen LogP) is -0.172. The van der Waals surface area contributed by atoms with Crippen LogP contribution in [0.15, 0.2) is 24.3 Å². The molecule has 0 atom stereocenters. The first-order chi connectivity index (χ1) is 11.8. The topological polar surface area (TPSA) is 83.0 Å². The zero-order valence-electron chi connectivity index (χ0n) is 15.1. The van der Waals surface area contributed by atoms with Gasteiger partial charge >= 0.3 is 6.03 Å². The first kappa shape index (κ1) is 18.9. The molecule has 0 radical (unpaired) electrons. The predicted molar refractivity (Wildman–Crippen MR) is 96.0 cm³/mol. The summed E-state index contributed by atoms with van der Waals surface area (Å²) in [4.78, 5) is 38.2. The normalized spacial score (nSPS) is 15.1.